The van der Waals surface area contributed by atoms with Gasteiger partial charge >= 0.3 is 6.16 Å². The van der Waals surface area contributed by atoms with Gasteiger partial charge in [0.15, 0.2) is 0 Å². The van der Waals surface area contributed by atoms with Crippen molar-refractivity contribution in [2.45, 2.75) is 6.61 Å². The smallest absolute Gasteiger partial charge is 0.429 e. The Morgan fingerprint density at radius 3 is 2.75 bits per heavy atom. The maximum absolute atomic E-state index is 11.0. The van der Waals surface area contributed by atoms with Crippen LogP contribution in [0.1, 0.15) is 5.56 Å². The molecule has 5 heteroatoms. The van der Waals surface area contributed by atoms with Gasteiger partial charge in [0.1, 0.15) is 6.61 Å². The summed E-state index contributed by atoms with van der Waals surface area (Å²) < 4.78 is 9.22. The monoisotopic (exact) mass is 220 g/mol. The van der Waals surface area contributed by atoms with Crippen LogP contribution in [0.25, 0.3) is 0 Å². The van der Waals surface area contributed by atoms with Gasteiger partial charge in [0.25, 0.3) is 6.02 Å². The van der Waals surface area contributed by atoms with Gasteiger partial charge in [-0.25, -0.2) is 4.79 Å². The van der Waals surface area contributed by atoms with E-state index in [1.54, 1.807) is 0 Å². The molecule has 2 N–H and O–H groups in total. The van der Waals surface area contributed by atoms with Gasteiger partial charge in [0.2, 0.25) is 0 Å². The molecule has 0 bridgehead atoms. The number of benzene rings is 1. The van der Waals surface area contributed by atoms with E-state index in [2.05, 4.69) is 16.6 Å². The van der Waals surface area contributed by atoms with Crippen LogP contribution in [-0.2, 0) is 16.1 Å². The fourth-order valence-electron chi connectivity index (χ4n) is 0.951. The van der Waals surface area contributed by atoms with E-state index in [-0.39, 0.29) is 6.61 Å². The molecule has 16 heavy (non-hydrogen) atoms. The number of carbonyl (C=O) groups excluding carboxylic acids is 1. The highest BCUT2D eigenvalue weighted by molar-refractivity contribution is 5.82. The highest BCUT2D eigenvalue weighted by Crippen LogP contribution is 2.01. The van der Waals surface area contributed by atoms with Crippen molar-refractivity contribution >= 4 is 12.2 Å². The van der Waals surface area contributed by atoms with Crippen LogP contribution in [0.3, 0.4) is 0 Å². The first-order valence-corrected chi connectivity index (χ1v) is 4.57. The van der Waals surface area contributed by atoms with Crippen molar-refractivity contribution in [2.75, 3.05) is 0 Å². The largest absolute Gasteiger partial charge is 0.516 e. The minimum atomic E-state index is -0.928. The zero-order valence-electron chi connectivity index (χ0n) is 8.60. The highest BCUT2D eigenvalue weighted by Gasteiger charge is 2.07. The Bertz CT molecular complexity index is 376. The number of nitrogens with one attached hydrogen (secondary N) is 2. The zero-order valence-corrected chi connectivity index (χ0v) is 8.60. The molecule has 0 heterocycles. The Morgan fingerprint density at radius 1 is 1.44 bits per heavy atom. The quantitative estimate of drug-likeness (QED) is 0.464. The molecule has 84 valence electrons. The summed E-state index contributed by atoms with van der Waals surface area (Å²) in [4.78, 5) is 11.0. The van der Waals surface area contributed by atoms with Gasteiger partial charge in [0, 0.05) is 0 Å². The van der Waals surface area contributed by atoms with Crippen LogP contribution in [0, 0.1) is 5.41 Å². The van der Waals surface area contributed by atoms with Gasteiger partial charge in [-0.3, -0.25) is 5.41 Å². The maximum Gasteiger partial charge on any atom is 0.516 e. The summed E-state index contributed by atoms with van der Waals surface area (Å²) in [6.07, 6.45) is 0.301. The van der Waals surface area contributed by atoms with Crippen LogP contribution in [0.4, 0.5) is 4.79 Å². The third kappa shape index (κ3) is 4.28. The summed E-state index contributed by atoms with van der Waals surface area (Å²) in [7, 11) is 0. The lowest BCUT2D eigenvalue weighted by Gasteiger charge is -2.05. The second kappa shape index (κ2) is 6.23. The molecule has 5 nitrogen and oxygen atoms in total. The number of carbonyl (C=O) groups is 1. The van der Waals surface area contributed by atoms with Crippen LogP contribution < -0.4 is 5.32 Å². The third-order valence-corrected chi connectivity index (χ3v) is 1.62. The van der Waals surface area contributed by atoms with Gasteiger partial charge in [-0.1, -0.05) is 36.9 Å². The van der Waals surface area contributed by atoms with E-state index in [1.165, 1.54) is 6.20 Å². The summed E-state index contributed by atoms with van der Waals surface area (Å²) in [5, 5.41) is 9.40. The molecule has 1 aromatic rings. The lowest BCUT2D eigenvalue weighted by atomic mass is 10.2. The summed E-state index contributed by atoms with van der Waals surface area (Å²) in [6, 6.07) is 8.76. The van der Waals surface area contributed by atoms with E-state index in [4.69, 9.17) is 10.1 Å². The van der Waals surface area contributed by atoms with Crippen molar-refractivity contribution in [3.63, 3.8) is 0 Å². The summed E-state index contributed by atoms with van der Waals surface area (Å²) in [6.45, 7) is 3.43. The molecule has 0 spiro atoms. The number of rotatable bonds is 3. The number of ether oxygens (including phenoxy) is 2. The number of hydrogen-bond acceptors (Lipinski definition) is 4. The topological polar surface area (TPSA) is 71.4 Å². The van der Waals surface area contributed by atoms with E-state index in [0.717, 1.165) is 5.56 Å². The molecule has 0 saturated carbocycles. The van der Waals surface area contributed by atoms with Crippen LogP contribution in [0.2, 0.25) is 0 Å². The minimum Gasteiger partial charge on any atom is -0.429 e. The van der Waals surface area contributed by atoms with Crippen molar-refractivity contribution in [3.8, 4) is 0 Å². The molecule has 0 aliphatic heterocycles. The van der Waals surface area contributed by atoms with Crippen LogP contribution in [-0.4, -0.2) is 12.2 Å². The SMILES string of the molecule is C=CNC(=N)OC(=O)OCc1ccccc1. The predicted molar refractivity (Wildman–Crippen MR) is 58.8 cm³/mol. The Balaban J connectivity index is 2.30. The molecule has 0 fully saturated rings. The molecular weight excluding hydrogens is 208 g/mol. The number of amidine groups is 1. The van der Waals surface area contributed by atoms with Crippen molar-refractivity contribution in [3.05, 3.63) is 48.7 Å². The predicted octanol–water partition coefficient (Wildman–Crippen LogP) is 2.01. The number of hydrogen-bond donors (Lipinski definition) is 2. The van der Waals surface area contributed by atoms with Crippen molar-refractivity contribution in [2.24, 2.45) is 0 Å². The first-order chi connectivity index (χ1) is 7.72. The summed E-state index contributed by atoms with van der Waals surface area (Å²) >= 11 is 0. The van der Waals surface area contributed by atoms with E-state index < -0.39 is 12.2 Å². The third-order valence-electron chi connectivity index (χ3n) is 1.62. The molecule has 1 rings (SSSR count). The van der Waals surface area contributed by atoms with Gasteiger partial charge in [-0.15, -0.1) is 0 Å². The van der Waals surface area contributed by atoms with E-state index in [1.807, 2.05) is 30.3 Å². The molecule has 0 amide bonds. The standard InChI is InChI=1S/C11H12N2O3/c1-2-13-10(12)16-11(14)15-8-9-6-4-3-5-7-9/h2-7H,1,8H2,(H2,12,13). The van der Waals surface area contributed by atoms with Gasteiger partial charge < -0.3 is 14.8 Å². The lowest BCUT2D eigenvalue weighted by Crippen LogP contribution is -2.23. The molecule has 0 atom stereocenters. The molecule has 0 aliphatic rings. The first-order valence-electron chi connectivity index (χ1n) is 4.57. The molecule has 0 saturated heterocycles. The van der Waals surface area contributed by atoms with Gasteiger partial charge in [0.05, 0.1) is 0 Å². The fourth-order valence-corrected chi connectivity index (χ4v) is 0.951. The Hall–Kier alpha value is -2.30. The van der Waals surface area contributed by atoms with Crippen molar-refractivity contribution < 1.29 is 14.3 Å². The highest BCUT2D eigenvalue weighted by atomic mass is 16.7. The Kier molecular flexibility index (Phi) is 4.59. The maximum atomic E-state index is 11.0. The Labute approximate surface area is 93.2 Å². The van der Waals surface area contributed by atoms with E-state index in [9.17, 15) is 4.79 Å². The molecule has 0 radical (unpaired) electrons. The van der Waals surface area contributed by atoms with Crippen LogP contribution >= 0.6 is 0 Å². The van der Waals surface area contributed by atoms with Crippen LogP contribution in [0.5, 0.6) is 0 Å². The van der Waals surface area contributed by atoms with Crippen LogP contribution in [0.15, 0.2) is 43.1 Å². The summed E-state index contributed by atoms with van der Waals surface area (Å²) in [5.74, 6) is 0. The zero-order chi connectivity index (χ0) is 11.8. The normalized spacial score (nSPS) is 9.00. The molecule has 1 aromatic carbocycles. The van der Waals surface area contributed by atoms with Crippen molar-refractivity contribution in [1.82, 2.24) is 5.32 Å². The Morgan fingerprint density at radius 2 is 2.12 bits per heavy atom. The molecule has 0 unspecified atom stereocenters. The lowest BCUT2D eigenvalue weighted by molar-refractivity contribution is 0.0875. The van der Waals surface area contributed by atoms with Gasteiger partial charge in [-0.2, -0.15) is 0 Å². The first kappa shape index (κ1) is 11.8. The summed E-state index contributed by atoms with van der Waals surface area (Å²) in [5.41, 5.74) is 0.850. The second-order valence-electron chi connectivity index (χ2n) is 2.80. The van der Waals surface area contributed by atoms with E-state index in [0.29, 0.717) is 0 Å². The average Bonchev–Trinajstić information content (AvgIpc) is 2.28. The second-order valence-corrected chi connectivity index (χ2v) is 2.80. The fraction of sp³-hybridized carbons (Fsp3) is 0.0909. The minimum absolute atomic E-state index is 0.112. The van der Waals surface area contributed by atoms with Crippen molar-refractivity contribution in [1.29, 1.82) is 5.41 Å². The average molecular weight is 220 g/mol. The molecular formula is C11H12N2O3. The van der Waals surface area contributed by atoms with E-state index >= 15 is 0 Å². The molecule has 0 aromatic heterocycles. The molecule has 0 aliphatic carbocycles. The van der Waals surface area contributed by atoms with Gasteiger partial charge in [-0.05, 0) is 11.8 Å².